The third kappa shape index (κ3) is 2.57. The van der Waals surface area contributed by atoms with E-state index in [-0.39, 0.29) is 29.4 Å². The monoisotopic (exact) mass is 274 g/mol. The molecule has 0 spiro atoms. The summed E-state index contributed by atoms with van der Waals surface area (Å²) in [6.07, 6.45) is 1.34. The molecule has 0 atom stereocenters. The number of hydrogen-bond donors (Lipinski definition) is 2. The van der Waals surface area contributed by atoms with E-state index in [9.17, 15) is 14.7 Å². The zero-order chi connectivity index (χ0) is 14.8. The Bertz CT molecular complexity index is 600. The highest BCUT2D eigenvalue weighted by Crippen LogP contribution is 2.46. The van der Waals surface area contributed by atoms with Gasteiger partial charge in [-0.15, -0.1) is 0 Å². The fraction of sp³-hybridized carbons (Fsp3) is 0.357. The summed E-state index contributed by atoms with van der Waals surface area (Å²) in [5.41, 5.74) is -0.334. The smallest absolute Gasteiger partial charge is 0.313 e. The number of hydrogen-bond acceptors (Lipinski definition) is 5. The van der Waals surface area contributed by atoms with Crippen LogP contribution in [0.3, 0.4) is 0 Å². The molecule has 2 rings (SSSR count). The molecular formula is C14H14N2O4. The first-order chi connectivity index (χ1) is 9.52. The number of aromatic hydroxyl groups is 1. The van der Waals surface area contributed by atoms with Crippen LogP contribution in [-0.2, 0) is 9.53 Å². The summed E-state index contributed by atoms with van der Waals surface area (Å²) in [4.78, 5) is 23.5. The molecule has 1 amide bonds. The van der Waals surface area contributed by atoms with Crippen molar-refractivity contribution in [3.63, 3.8) is 0 Å². The lowest BCUT2D eigenvalue weighted by Gasteiger charge is -2.14. The van der Waals surface area contributed by atoms with Gasteiger partial charge in [-0.1, -0.05) is 0 Å². The Morgan fingerprint density at radius 2 is 2.20 bits per heavy atom. The first kappa shape index (κ1) is 13.9. The number of nitrogens with one attached hydrogen (secondary N) is 1. The van der Waals surface area contributed by atoms with Gasteiger partial charge in [-0.2, -0.15) is 5.26 Å². The molecule has 1 aromatic carbocycles. The number of esters is 1. The number of rotatable bonds is 4. The van der Waals surface area contributed by atoms with E-state index in [0.717, 1.165) is 0 Å². The zero-order valence-corrected chi connectivity index (χ0v) is 11.0. The molecular weight excluding hydrogens is 260 g/mol. The number of phenols is 1. The maximum absolute atomic E-state index is 12.0. The van der Waals surface area contributed by atoms with Crippen molar-refractivity contribution in [3.05, 3.63) is 29.3 Å². The van der Waals surface area contributed by atoms with Gasteiger partial charge < -0.3 is 15.2 Å². The Labute approximate surface area is 116 Å². The van der Waals surface area contributed by atoms with Crippen LogP contribution in [0.15, 0.2) is 18.2 Å². The fourth-order valence-corrected chi connectivity index (χ4v) is 1.95. The maximum Gasteiger partial charge on any atom is 0.313 e. The van der Waals surface area contributed by atoms with E-state index >= 15 is 0 Å². The molecule has 1 aromatic rings. The summed E-state index contributed by atoms with van der Waals surface area (Å²) in [5.74, 6) is -1.06. The lowest BCUT2D eigenvalue weighted by atomic mass is 10.1. The molecule has 104 valence electrons. The highest BCUT2D eigenvalue weighted by Gasteiger charge is 2.51. The Kier molecular flexibility index (Phi) is 3.61. The number of ether oxygens (including phenoxy) is 1. The van der Waals surface area contributed by atoms with E-state index < -0.39 is 11.3 Å². The topological polar surface area (TPSA) is 99.4 Å². The minimum absolute atomic E-state index is 0.0183. The average molecular weight is 274 g/mol. The van der Waals surface area contributed by atoms with Crippen molar-refractivity contribution < 1.29 is 19.4 Å². The van der Waals surface area contributed by atoms with Crippen LogP contribution >= 0.6 is 0 Å². The van der Waals surface area contributed by atoms with Crippen LogP contribution in [0.1, 0.15) is 28.8 Å². The van der Waals surface area contributed by atoms with Crippen molar-refractivity contribution >= 4 is 11.9 Å². The van der Waals surface area contributed by atoms with Gasteiger partial charge >= 0.3 is 5.97 Å². The van der Waals surface area contributed by atoms with Crippen LogP contribution in [0, 0.1) is 16.7 Å². The Balaban J connectivity index is 2.06. The highest BCUT2D eigenvalue weighted by molar-refractivity contribution is 5.97. The van der Waals surface area contributed by atoms with Gasteiger partial charge in [0, 0.05) is 6.54 Å². The fourth-order valence-electron chi connectivity index (χ4n) is 1.95. The van der Waals surface area contributed by atoms with Crippen LogP contribution in [0.25, 0.3) is 0 Å². The molecule has 2 N–H and O–H groups in total. The second kappa shape index (κ2) is 5.21. The zero-order valence-electron chi connectivity index (χ0n) is 11.0. The maximum atomic E-state index is 12.0. The Morgan fingerprint density at radius 1 is 1.50 bits per heavy atom. The molecule has 0 aromatic heterocycles. The second-order valence-corrected chi connectivity index (χ2v) is 4.80. The van der Waals surface area contributed by atoms with Crippen LogP contribution < -0.4 is 5.32 Å². The van der Waals surface area contributed by atoms with Crippen molar-refractivity contribution in [2.24, 2.45) is 5.41 Å². The summed E-state index contributed by atoms with van der Waals surface area (Å²) >= 11 is 0. The minimum Gasteiger partial charge on any atom is -0.507 e. The SMILES string of the molecule is COC(=O)C1(CNC(=O)c2cc(C#N)ccc2O)CC1. The molecule has 1 fully saturated rings. The van der Waals surface area contributed by atoms with E-state index in [1.807, 2.05) is 6.07 Å². The molecule has 6 heteroatoms. The summed E-state index contributed by atoms with van der Waals surface area (Å²) in [6.45, 7) is 0.161. The third-order valence-corrected chi connectivity index (χ3v) is 3.43. The van der Waals surface area contributed by atoms with Crippen molar-refractivity contribution in [3.8, 4) is 11.8 Å². The molecule has 0 unspecified atom stereocenters. The largest absolute Gasteiger partial charge is 0.507 e. The van der Waals surface area contributed by atoms with E-state index in [0.29, 0.717) is 12.8 Å². The summed E-state index contributed by atoms with van der Waals surface area (Å²) < 4.78 is 4.69. The summed E-state index contributed by atoms with van der Waals surface area (Å²) in [6, 6.07) is 5.92. The minimum atomic E-state index is -0.632. The first-order valence-electron chi connectivity index (χ1n) is 6.12. The first-order valence-corrected chi connectivity index (χ1v) is 6.12. The van der Waals surface area contributed by atoms with E-state index in [1.165, 1.54) is 25.3 Å². The summed E-state index contributed by atoms with van der Waals surface area (Å²) in [7, 11) is 1.31. The van der Waals surface area contributed by atoms with Gasteiger partial charge in [0.1, 0.15) is 5.75 Å². The molecule has 1 aliphatic rings. The average Bonchev–Trinajstić information content (AvgIpc) is 3.25. The van der Waals surface area contributed by atoms with Crippen LogP contribution in [-0.4, -0.2) is 30.6 Å². The number of phenolic OH excluding ortho intramolecular Hbond substituents is 1. The quantitative estimate of drug-likeness (QED) is 0.796. The number of amides is 1. The van der Waals surface area contributed by atoms with E-state index in [1.54, 1.807) is 0 Å². The summed E-state index contributed by atoms with van der Waals surface area (Å²) in [5, 5.41) is 21.0. The predicted molar refractivity (Wildman–Crippen MR) is 68.8 cm³/mol. The van der Waals surface area contributed by atoms with Crippen LogP contribution in [0.2, 0.25) is 0 Å². The normalized spacial score (nSPS) is 15.0. The molecule has 0 aliphatic heterocycles. The Hall–Kier alpha value is -2.55. The number of nitriles is 1. The van der Waals surface area contributed by atoms with Gasteiger partial charge in [-0.25, -0.2) is 0 Å². The predicted octanol–water partition coefficient (Wildman–Crippen LogP) is 0.947. The molecule has 20 heavy (non-hydrogen) atoms. The van der Waals surface area contributed by atoms with Crippen molar-refractivity contribution in [1.29, 1.82) is 5.26 Å². The molecule has 0 saturated heterocycles. The van der Waals surface area contributed by atoms with Gasteiger partial charge in [-0.05, 0) is 31.0 Å². The lowest BCUT2D eigenvalue weighted by molar-refractivity contribution is -0.146. The third-order valence-electron chi connectivity index (χ3n) is 3.43. The van der Waals surface area contributed by atoms with Gasteiger partial charge in [-0.3, -0.25) is 9.59 Å². The number of benzene rings is 1. The van der Waals surface area contributed by atoms with Gasteiger partial charge in [0.15, 0.2) is 0 Å². The molecule has 1 aliphatic carbocycles. The molecule has 1 saturated carbocycles. The highest BCUT2D eigenvalue weighted by atomic mass is 16.5. The van der Waals surface area contributed by atoms with E-state index in [4.69, 9.17) is 10.00 Å². The molecule has 0 heterocycles. The molecule has 6 nitrogen and oxygen atoms in total. The van der Waals surface area contributed by atoms with E-state index in [2.05, 4.69) is 5.32 Å². The molecule has 0 radical (unpaired) electrons. The number of methoxy groups -OCH3 is 1. The standard InChI is InChI=1S/C14H14N2O4/c1-20-13(19)14(4-5-14)8-16-12(18)10-6-9(7-15)2-3-11(10)17/h2-3,6,17H,4-5,8H2,1H3,(H,16,18). The number of nitrogens with zero attached hydrogens (tertiary/aromatic N) is 1. The van der Waals surface area contributed by atoms with Gasteiger partial charge in [0.2, 0.25) is 0 Å². The number of carbonyl (C=O) groups is 2. The Morgan fingerprint density at radius 3 is 2.75 bits per heavy atom. The van der Waals surface area contributed by atoms with Crippen molar-refractivity contribution in [2.75, 3.05) is 13.7 Å². The van der Waals surface area contributed by atoms with Crippen LogP contribution in [0.5, 0.6) is 5.75 Å². The lowest BCUT2D eigenvalue weighted by Crippen LogP contribution is -2.34. The van der Waals surface area contributed by atoms with Crippen molar-refractivity contribution in [1.82, 2.24) is 5.32 Å². The molecule has 0 bridgehead atoms. The van der Waals surface area contributed by atoms with Crippen LogP contribution in [0.4, 0.5) is 0 Å². The second-order valence-electron chi connectivity index (χ2n) is 4.80. The number of carbonyl (C=O) groups excluding carboxylic acids is 2. The van der Waals surface area contributed by atoms with Gasteiger partial charge in [0.05, 0.1) is 29.7 Å². The van der Waals surface area contributed by atoms with Gasteiger partial charge in [0.25, 0.3) is 5.91 Å². The van der Waals surface area contributed by atoms with Crippen molar-refractivity contribution in [2.45, 2.75) is 12.8 Å².